The molecule has 1 atom stereocenters. The average Bonchev–Trinajstić information content (AvgIpc) is 3.03. The molecule has 6 nitrogen and oxygen atoms in total. The van der Waals surface area contributed by atoms with Crippen LogP contribution in [0.15, 0.2) is 15.6 Å². The van der Waals surface area contributed by atoms with Crippen LogP contribution < -0.4 is 10.6 Å². The first kappa shape index (κ1) is 18.8. The number of likely N-dealkylation sites (tertiary alicyclic amines) is 1. The molecule has 0 bridgehead atoms. The van der Waals surface area contributed by atoms with Gasteiger partial charge in [-0.25, -0.2) is 0 Å². The van der Waals surface area contributed by atoms with E-state index in [0.29, 0.717) is 12.5 Å². The fourth-order valence-electron chi connectivity index (χ4n) is 3.08. The van der Waals surface area contributed by atoms with E-state index in [1.54, 1.807) is 7.05 Å². The summed E-state index contributed by atoms with van der Waals surface area (Å²) in [7, 11) is 1.79. The summed E-state index contributed by atoms with van der Waals surface area (Å²) in [4.78, 5) is 6.84. The zero-order valence-electron chi connectivity index (χ0n) is 15.6. The van der Waals surface area contributed by atoms with E-state index >= 15 is 0 Å². The van der Waals surface area contributed by atoms with Crippen LogP contribution in [0.3, 0.4) is 0 Å². The molecular weight excluding hydrogens is 302 g/mol. The Labute approximate surface area is 146 Å². The maximum Gasteiger partial charge on any atom is 0.191 e. The Morgan fingerprint density at radius 3 is 2.96 bits per heavy atom. The third kappa shape index (κ3) is 6.15. The summed E-state index contributed by atoms with van der Waals surface area (Å²) in [5.74, 6) is 2.88. The Bertz CT molecular complexity index is 511. The van der Waals surface area contributed by atoms with Crippen molar-refractivity contribution in [2.24, 2.45) is 10.9 Å². The van der Waals surface area contributed by atoms with Crippen molar-refractivity contribution >= 4 is 5.96 Å². The highest BCUT2D eigenvalue weighted by Gasteiger charge is 2.15. The first-order valence-corrected chi connectivity index (χ1v) is 9.21. The van der Waals surface area contributed by atoms with Gasteiger partial charge in [0.2, 0.25) is 0 Å². The van der Waals surface area contributed by atoms with Crippen molar-refractivity contribution in [2.45, 2.75) is 52.5 Å². The van der Waals surface area contributed by atoms with Crippen LogP contribution in [0.1, 0.15) is 57.4 Å². The molecule has 6 heteroatoms. The van der Waals surface area contributed by atoms with E-state index in [-0.39, 0.29) is 0 Å². The predicted molar refractivity (Wildman–Crippen MR) is 98.2 cm³/mol. The maximum absolute atomic E-state index is 5.33. The zero-order valence-corrected chi connectivity index (χ0v) is 15.6. The molecule has 1 unspecified atom stereocenters. The molecule has 2 rings (SSSR count). The minimum atomic E-state index is 0.387. The number of aliphatic imine (C=N–C) groups is 1. The van der Waals surface area contributed by atoms with Gasteiger partial charge in [-0.05, 0) is 44.2 Å². The summed E-state index contributed by atoms with van der Waals surface area (Å²) in [6.45, 7) is 11.8. The standard InChI is InChI=1S/C18H33N5O/c1-14(2)17-11-16(24-22-17)12-21-18(19-4)20-8-6-10-23-9-5-7-15(3)13-23/h11,14-15H,5-10,12-13H2,1-4H3,(H2,19,20,21). The molecule has 1 aliphatic heterocycles. The highest BCUT2D eigenvalue weighted by molar-refractivity contribution is 5.79. The van der Waals surface area contributed by atoms with Crippen LogP contribution >= 0.6 is 0 Å². The number of hydrogen-bond donors (Lipinski definition) is 2. The van der Waals surface area contributed by atoms with E-state index in [1.165, 1.54) is 25.9 Å². The van der Waals surface area contributed by atoms with Crippen LogP contribution in [-0.4, -0.2) is 49.2 Å². The first-order valence-electron chi connectivity index (χ1n) is 9.21. The van der Waals surface area contributed by atoms with Gasteiger partial charge in [0.25, 0.3) is 0 Å². The van der Waals surface area contributed by atoms with Gasteiger partial charge in [-0.2, -0.15) is 0 Å². The molecule has 0 radical (unpaired) electrons. The SMILES string of the molecule is CN=C(NCCCN1CCCC(C)C1)NCc1cc(C(C)C)no1. The normalized spacial score (nSPS) is 19.7. The van der Waals surface area contributed by atoms with Gasteiger partial charge in [-0.3, -0.25) is 4.99 Å². The Morgan fingerprint density at radius 2 is 2.29 bits per heavy atom. The van der Waals surface area contributed by atoms with Crippen LogP contribution in [0.2, 0.25) is 0 Å². The van der Waals surface area contributed by atoms with Gasteiger partial charge in [-0.15, -0.1) is 0 Å². The minimum Gasteiger partial charge on any atom is -0.359 e. The van der Waals surface area contributed by atoms with Gasteiger partial charge >= 0.3 is 0 Å². The van der Waals surface area contributed by atoms with Crippen molar-refractivity contribution in [1.82, 2.24) is 20.7 Å². The second-order valence-corrected chi connectivity index (χ2v) is 7.13. The summed E-state index contributed by atoms with van der Waals surface area (Å²) < 4.78 is 5.33. The molecule has 136 valence electrons. The molecule has 24 heavy (non-hydrogen) atoms. The molecule has 1 saturated heterocycles. The van der Waals surface area contributed by atoms with Crippen molar-refractivity contribution in [2.75, 3.05) is 33.2 Å². The molecule has 0 aromatic carbocycles. The molecule has 1 aromatic heterocycles. The Hall–Kier alpha value is -1.56. The van der Waals surface area contributed by atoms with Crippen LogP contribution in [0, 0.1) is 5.92 Å². The number of aromatic nitrogens is 1. The van der Waals surface area contributed by atoms with E-state index in [1.807, 2.05) is 6.07 Å². The van der Waals surface area contributed by atoms with Crippen molar-refractivity contribution in [3.8, 4) is 0 Å². The summed E-state index contributed by atoms with van der Waals surface area (Å²) in [5.41, 5.74) is 0.991. The van der Waals surface area contributed by atoms with E-state index < -0.39 is 0 Å². The second-order valence-electron chi connectivity index (χ2n) is 7.13. The molecule has 1 aromatic rings. The lowest BCUT2D eigenvalue weighted by Gasteiger charge is -2.30. The summed E-state index contributed by atoms with van der Waals surface area (Å²) in [5, 5.41) is 10.7. The predicted octanol–water partition coefficient (Wildman–Crippen LogP) is 2.58. The van der Waals surface area contributed by atoms with Crippen molar-refractivity contribution in [3.05, 3.63) is 17.5 Å². The van der Waals surface area contributed by atoms with E-state index in [0.717, 1.165) is 42.8 Å². The quantitative estimate of drug-likeness (QED) is 0.455. The Morgan fingerprint density at radius 1 is 1.46 bits per heavy atom. The van der Waals surface area contributed by atoms with Gasteiger partial charge in [0.1, 0.15) is 0 Å². The van der Waals surface area contributed by atoms with Gasteiger partial charge in [0.15, 0.2) is 11.7 Å². The first-order chi connectivity index (χ1) is 11.6. The second kappa shape index (κ2) is 9.67. The number of piperidine rings is 1. The molecule has 2 heterocycles. The number of hydrogen-bond acceptors (Lipinski definition) is 4. The van der Waals surface area contributed by atoms with Gasteiger partial charge < -0.3 is 20.1 Å². The molecule has 2 N–H and O–H groups in total. The van der Waals surface area contributed by atoms with Crippen LogP contribution in [0.5, 0.6) is 0 Å². The molecule has 1 fully saturated rings. The largest absolute Gasteiger partial charge is 0.359 e. The zero-order chi connectivity index (χ0) is 17.4. The van der Waals surface area contributed by atoms with Crippen molar-refractivity contribution in [1.29, 1.82) is 0 Å². The van der Waals surface area contributed by atoms with Crippen molar-refractivity contribution in [3.63, 3.8) is 0 Å². The van der Waals surface area contributed by atoms with Gasteiger partial charge in [0.05, 0.1) is 12.2 Å². The molecular formula is C18H33N5O. The number of guanidine groups is 1. The number of rotatable bonds is 7. The number of nitrogens with zero attached hydrogens (tertiary/aromatic N) is 3. The van der Waals surface area contributed by atoms with E-state index in [9.17, 15) is 0 Å². The fraction of sp³-hybridized carbons (Fsp3) is 0.778. The van der Waals surface area contributed by atoms with Crippen molar-refractivity contribution < 1.29 is 4.52 Å². The maximum atomic E-state index is 5.33. The average molecular weight is 335 g/mol. The lowest BCUT2D eigenvalue weighted by molar-refractivity contribution is 0.182. The molecule has 0 spiro atoms. The van der Waals surface area contributed by atoms with Gasteiger partial charge in [0, 0.05) is 26.2 Å². The highest BCUT2D eigenvalue weighted by atomic mass is 16.5. The monoisotopic (exact) mass is 335 g/mol. The molecule has 0 amide bonds. The lowest BCUT2D eigenvalue weighted by Crippen LogP contribution is -2.39. The Balaban J connectivity index is 1.63. The van der Waals surface area contributed by atoms with Crippen LogP contribution in [-0.2, 0) is 6.54 Å². The third-order valence-corrected chi connectivity index (χ3v) is 4.51. The highest BCUT2D eigenvalue weighted by Crippen LogP contribution is 2.15. The van der Waals surface area contributed by atoms with Crippen LogP contribution in [0.4, 0.5) is 0 Å². The summed E-state index contributed by atoms with van der Waals surface area (Å²) in [6.07, 6.45) is 3.85. The third-order valence-electron chi connectivity index (χ3n) is 4.51. The molecule has 1 aliphatic rings. The topological polar surface area (TPSA) is 65.7 Å². The van der Waals surface area contributed by atoms with E-state index in [2.05, 4.69) is 46.5 Å². The summed E-state index contributed by atoms with van der Waals surface area (Å²) in [6, 6.07) is 2.00. The van der Waals surface area contributed by atoms with Gasteiger partial charge in [-0.1, -0.05) is 25.9 Å². The summed E-state index contributed by atoms with van der Waals surface area (Å²) >= 11 is 0. The van der Waals surface area contributed by atoms with E-state index in [4.69, 9.17) is 4.52 Å². The van der Waals surface area contributed by atoms with Crippen LogP contribution in [0.25, 0.3) is 0 Å². The fourth-order valence-corrected chi connectivity index (χ4v) is 3.08. The number of nitrogens with one attached hydrogen (secondary N) is 2. The lowest BCUT2D eigenvalue weighted by atomic mass is 10.0. The Kier molecular flexibility index (Phi) is 7.56. The smallest absolute Gasteiger partial charge is 0.191 e. The molecule has 0 aliphatic carbocycles. The molecule has 0 saturated carbocycles. The minimum absolute atomic E-state index is 0.387.